The highest BCUT2D eigenvalue weighted by Gasteiger charge is 2.17. The molecule has 0 aliphatic heterocycles. The molecular weight excluding hydrogens is 252 g/mol. The summed E-state index contributed by atoms with van der Waals surface area (Å²) in [7, 11) is 0. The molecule has 0 atom stereocenters. The molecule has 4 nitrogen and oxygen atoms in total. The van der Waals surface area contributed by atoms with Crippen LogP contribution in [0.15, 0.2) is 30.6 Å². The van der Waals surface area contributed by atoms with Crippen molar-refractivity contribution in [3.8, 4) is 5.75 Å². The predicted molar refractivity (Wildman–Crippen MR) is 76.2 cm³/mol. The number of imidazole rings is 1. The van der Waals surface area contributed by atoms with Gasteiger partial charge in [0.1, 0.15) is 18.2 Å². The van der Waals surface area contributed by atoms with Gasteiger partial charge in [-0.15, -0.1) is 0 Å². The van der Waals surface area contributed by atoms with Crippen LogP contribution in [0.2, 0.25) is 0 Å². The number of hydrogen-bond donors (Lipinski definition) is 0. The maximum atomic E-state index is 11.8. The molecule has 0 fully saturated rings. The van der Waals surface area contributed by atoms with E-state index < -0.39 is 0 Å². The van der Waals surface area contributed by atoms with Gasteiger partial charge in [0.2, 0.25) is 0 Å². The molecule has 20 heavy (non-hydrogen) atoms. The van der Waals surface area contributed by atoms with E-state index in [-0.39, 0.29) is 5.78 Å². The summed E-state index contributed by atoms with van der Waals surface area (Å²) in [4.78, 5) is 15.9. The van der Waals surface area contributed by atoms with Crippen LogP contribution in [0.1, 0.15) is 34.6 Å². The van der Waals surface area contributed by atoms with Gasteiger partial charge in [0.15, 0.2) is 5.78 Å². The molecule has 1 aliphatic rings. The summed E-state index contributed by atoms with van der Waals surface area (Å²) in [6, 6.07) is 5.80. The fourth-order valence-corrected chi connectivity index (χ4v) is 2.61. The molecule has 104 valence electrons. The lowest BCUT2D eigenvalue weighted by molar-refractivity contribution is 0.0972. The zero-order valence-corrected chi connectivity index (χ0v) is 11.6. The molecule has 0 radical (unpaired) electrons. The Morgan fingerprint density at radius 2 is 2.25 bits per heavy atom. The Morgan fingerprint density at radius 1 is 1.35 bits per heavy atom. The summed E-state index contributed by atoms with van der Waals surface area (Å²) in [5.74, 6) is 2.09. The number of nitrogens with zero attached hydrogens (tertiary/aromatic N) is 2. The van der Waals surface area contributed by atoms with Crippen molar-refractivity contribution < 1.29 is 9.53 Å². The normalized spacial score (nSPS) is 14.2. The number of Topliss-reactive ketones (excluding diaryl/α,β-unsaturated/α-hetero) is 1. The van der Waals surface area contributed by atoms with Gasteiger partial charge in [-0.25, -0.2) is 4.98 Å². The summed E-state index contributed by atoms with van der Waals surface area (Å²) in [6.07, 6.45) is 6.33. The Morgan fingerprint density at radius 3 is 3.05 bits per heavy atom. The number of fused-ring (bicyclic) bond motifs is 1. The Bertz CT molecular complexity index is 631. The molecule has 0 spiro atoms. The third-order valence-corrected chi connectivity index (χ3v) is 3.75. The molecule has 2 aromatic rings. The summed E-state index contributed by atoms with van der Waals surface area (Å²) < 4.78 is 7.83. The molecule has 0 bridgehead atoms. The van der Waals surface area contributed by atoms with Crippen LogP contribution < -0.4 is 4.74 Å². The van der Waals surface area contributed by atoms with Gasteiger partial charge in [-0.2, -0.15) is 0 Å². The Kier molecular flexibility index (Phi) is 3.54. The topological polar surface area (TPSA) is 44.1 Å². The minimum Gasteiger partial charge on any atom is -0.492 e. The van der Waals surface area contributed by atoms with Gasteiger partial charge in [0, 0.05) is 24.4 Å². The number of hydrogen-bond acceptors (Lipinski definition) is 3. The molecule has 1 aliphatic carbocycles. The lowest BCUT2D eigenvalue weighted by Gasteiger charge is -2.16. The van der Waals surface area contributed by atoms with Gasteiger partial charge < -0.3 is 9.30 Å². The molecule has 0 saturated heterocycles. The zero-order valence-electron chi connectivity index (χ0n) is 11.6. The van der Waals surface area contributed by atoms with Crippen LogP contribution in [0.4, 0.5) is 0 Å². The number of ketones is 1. The second-order valence-corrected chi connectivity index (χ2v) is 5.11. The second kappa shape index (κ2) is 5.49. The van der Waals surface area contributed by atoms with Crippen molar-refractivity contribution in [1.29, 1.82) is 0 Å². The summed E-state index contributed by atoms with van der Waals surface area (Å²) in [6.45, 7) is 3.36. The maximum absolute atomic E-state index is 11.8. The van der Waals surface area contributed by atoms with E-state index in [9.17, 15) is 4.79 Å². The van der Waals surface area contributed by atoms with E-state index in [1.807, 2.05) is 31.3 Å². The van der Waals surface area contributed by atoms with Gasteiger partial charge in [0.25, 0.3) is 0 Å². The van der Waals surface area contributed by atoms with E-state index in [4.69, 9.17) is 4.74 Å². The predicted octanol–water partition coefficient (Wildman–Crippen LogP) is 2.79. The average Bonchev–Trinajstić information content (AvgIpc) is 2.85. The highest BCUT2D eigenvalue weighted by molar-refractivity contribution is 5.98. The van der Waals surface area contributed by atoms with Crippen LogP contribution in [0.25, 0.3) is 0 Å². The molecule has 4 heteroatoms. The molecule has 3 rings (SSSR count). The van der Waals surface area contributed by atoms with Gasteiger partial charge in [-0.1, -0.05) is 0 Å². The zero-order chi connectivity index (χ0) is 13.9. The number of ether oxygens (including phenoxy) is 1. The Balaban J connectivity index is 1.64. The average molecular weight is 270 g/mol. The second-order valence-electron chi connectivity index (χ2n) is 5.11. The standard InChI is InChI=1S/C16H18N2O2/c1-12-17-7-8-18(12)9-10-20-14-5-6-15-13(11-14)3-2-4-16(15)19/h5-8,11H,2-4,9-10H2,1H3. The summed E-state index contributed by atoms with van der Waals surface area (Å²) in [5.41, 5.74) is 1.99. The van der Waals surface area contributed by atoms with Crippen molar-refractivity contribution in [3.63, 3.8) is 0 Å². The van der Waals surface area contributed by atoms with Crippen molar-refractivity contribution in [2.75, 3.05) is 6.61 Å². The van der Waals surface area contributed by atoms with Crippen molar-refractivity contribution in [1.82, 2.24) is 9.55 Å². The fraction of sp³-hybridized carbons (Fsp3) is 0.375. The van der Waals surface area contributed by atoms with Crippen molar-refractivity contribution in [2.24, 2.45) is 0 Å². The third-order valence-electron chi connectivity index (χ3n) is 3.75. The highest BCUT2D eigenvalue weighted by atomic mass is 16.5. The van der Waals surface area contributed by atoms with E-state index in [1.165, 1.54) is 0 Å². The van der Waals surface area contributed by atoms with E-state index >= 15 is 0 Å². The van der Waals surface area contributed by atoms with Crippen molar-refractivity contribution in [2.45, 2.75) is 32.7 Å². The van der Waals surface area contributed by atoms with Crippen LogP contribution in [-0.2, 0) is 13.0 Å². The molecule has 1 heterocycles. The Labute approximate surface area is 118 Å². The number of aromatic nitrogens is 2. The molecule has 0 unspecified atom stereocenters. The number of carbonyl (C=O) groups is 1. The molecular formula is C16H18N2O2. The molecule has 0 saturated carbocycles. The SMILES string of the molecule is Cc1nccn1CCOc1ccc2c(c1)CCCC2=O. The molecule has 1 aromatic carbocycles. The number of benzene rings is 1. The first-order valence-corrected chi connectivity index (χ1v) is 7.01. The van der Waals surface area contributed by atoms with E-state index in [0.717, 1.165) is 42.1 Å². The van der Waals surface area contributed by atoms with Crippen molar-refractivity contribution in [3.05, 3.63) is 47.5 Å². The van der Waals surface area contributed by atoms with Gasteiger partial charge in [-0.05, 0) is 43.5 Å². The quantitative estimate of drug-likeness (QED) is 0.858. The first-order valence-electron chi connectivity index (χ1n) is 7.01. The first-order chi connectivity index (χ1) is 9.74. The maximum Gasteiger partial charge on any atom is 0.163 e. The smallest absolute Gasteiger partial charge is 0.163 e. The minimum absolute atomic E-state index is 0.256. The largest absolute Gasteiger partial charge is 0.492 e. The molecule has 0 N–H and O–H groups in total. The van der Waals surface area contributed by atoms with Gasteiger partial charge in [-0.3, -0.25) is 4.79 Å². The van der Waals surface area contributed by atoms with E-state index in [2.05, 4.69) is 9.55 Å². The van der Waals surface area contributed by atoms with Crippen LogP contribution in [0.5, 0.6) is 5.75 Å². The number of carbonyl (C=O) groups excluding carboxylic acids is 1. The molecule has 1 aromatic heterocycles. The van der Waals surface area contributed by atoms with Gasteiger partial charge >= 0.3 is 0 Å². The van der Waals surface area contributed by atoms with Gasteiger partial charge in [0.05, 0.1) is 6.54 Å². The van der Waals surface area contributed by atoms with Crippen LogP contribution in [-0.4, -0.2) is 21.9 Å². The van der Waals surface area contributed by atoms with Crippen LogP contribution in [0.3, 0.4) is 0 Å². The number of rotatable bonds is 4. The monoisotopic (exact) mass is 270 g/mol. The lowest BCUT2D eigenvalue weighted by atomic mass is 9.91. The van der Waals surface area contributed by atoms with Crippen LogP contribution in [0, 0.1) is 6.92 Å². The Hall–Kier alpha value is -2.10. The highest BCUT2D eigenvalue weighted by Crippen LogP contribution is 2.25. The molecule has 0 amide bonds. The minimum atomic E-state index is 0.256. The first kappa shape index (κ1) is 12.9. The number of aryl methyl sites for hydroxylation is 2. The summed E-state index contributed by atoms with van der Waals surface area (Å²) in [5, 5.41) is 0. The van der Waals surface area contributed by atoms with Crippen LogP contribution >= 0.6 is 0 Å². The lowest BCUT2D eigenvalue weighted by Crippen LogP contribution is -2.12. The van der Waals surface area contributed by atoms with E-state index in [1.54, 1.807) is 6.20 Å². The summed E-state index contributed by atoms with van der Waals surface area (Å²) >= 11 is 0. The van der Waals surface area contributed by atoms with E-state index in [0.29, 0.717) is 13.0 Å². The third kappa shape index (κ3) is 2.59. The van der Waals surface area contributed by atoms with Crippen molar-refractivity contribution >= 4 is 5.78 Å². The fourth-order valence-electron chi connectivity index (χ4n) is 2.61.